The predicted octanol–water partition coefficient (Wildman–Crippen LogP) is 2.46. The number of halogens is 1. The van der Waals surface area contributed by atoms with E-state index in [9.17, 15) is 14.0 Å². The second-order valence-corrected chi connectivity index (χ2v) is 5.78. The molecule has 0 aliphatic heterocycles. The summed E-state index contributed by atoms with van der Waals surface area (Å²) in [6.45, 7) is 0. The van der Waals surface area contributed by atoms with Crippen LogP contribution in [0.3, 0.4) is 0 Å². The number of carboxylic acid groups (broad SMARTS) is 2. The van der Waals surface area contributed by atoms with Crippen LogP contribution >= 0.6 is 23.5 Å². The minimum absolute atomic E-state index is 0.130. The van der Waals surface area contributed by atoms with E-state index in [4.69, 9.17) is 10.2 Å². The van der Waals surface area contributed by atoms with E-state index >= 15 is 0 Å². The van der Waals surface area contributed by atoms with Crippen molar-refractivity contribution in [1.29, 1.82) is 0 Å². The molecule has 0 aliphatic carbocycles. The van der Waals surface area contributed by atoms with Gasteiger partial charge in [0.1, 0.15) is 5.82 Å². The summed E-state index contributed by atoms with van der Waals surface area (Å²) >= 11 is 2.22. The molecule has 0 spiro atoms. The second-order valence-electron chi connectivity index (χ2n) is 3.29. The zero-order valence-corrected chi connectivity index (χ0v) is 10.8. The predicted molar refractivity (Wildman–Crippen MR) is 69.3 cm³/mol. The number of carboxylic acids is 2. The molecule has 0 aromatic heterocycles. The maximum atomic E-state index is 12.8. The Hall–Kier alpha value is -1.21. The molecule has 0 atom stereocenters. The summed E-state index contributed by atoms with van der Waals surface area (Å²) in [5, 5.41) is 17.2. The molecule has 0 saturated heterocycles. The topological polar surface area (TPSA) is 74.6 Å². The van der Waals surface area contributed by atoms with Crippen molar-refractivity contribution in [2.45, 2.75) is 4.58 Å². The molecule has 0 bridgehead atoms. The highest BCUT2D eigenvalue weighted by Gasteiger charge is 2.16. The molecule has 4 nitrogen and oxygen atoms in total. The lowest BCUT2D eigenvalue weighted by atomic mass is 10.2. The molecular weight excluding hydrogens is 279 g/mol. The molecule has 7 heteroatoms. The Morgan fingerprint density at radius 2 is 1.50 bits per heavy atom. The van der Waals surface area contributed by atoms with E-state index in [1.165, 1.54) is 24.3 Å². The molecule has 18 heavy (non-hydrogen) atoms. The van der Waals surface area contributed by atoms with Gasteiger partial charge in [0.2, 0.25) is 0 Å². The number of aliphatic carboxylic acids is 2. The molecule has 1 aromatic rings. The van der Waals surface area contributed by atoms with E-state index in [1.807, 2.05) is 0 Å². The van der Waals surface area contributed by atoms with Gasteiger partial charge in [0.05, 0.1) is 16.1 Å². The maximum Gasteiger partial charge on any atom is 0.313 e. The minimum atomic E-state index is -0.969. The number of hydrogen-bond donors (Lipinski definition) is 2. The summed E-state index contributed by atoms with van der Waals surface area (Å²) in [5.41, 5.74) is 0.703. The fourth-order valence-corrected chi connectivity index (χ4v) is 3.23. The first-order valence-corrected chi connectivity index (χ1v) is 7.01. The zero-order valence-electron chi connectivity index (χ0n) is 9.21. The first-order chi connectivity index (χ1) is 8.49. The van der Waals surface area contributed by atoms with Gasteiger partial charge in [0.15, 0.2) is 0 Å². The van der Waals surface area contributed by atoms with Crippen LogP contribution in [0.25, 0.3) is 0 Å². The van der Waals surface area contributed by atoms with Crippen molar-refractivity contribution in [2.75, 3.05) is 11.5 Å². The van der Waals surface area contributed by atoms with Crippen LogP contribution < -0.4 is 0 Å². The third-order valence-electron chi connectivity index (χ3n) is 1.86. The smallest absolute Gasteiger partial charge is 0.313 e. The molecule has 0 amide bonds. The molecule has 0 heterocycles. The van der Waals surface area contributed by atoms with Gasteiger partial charge in [-0.1, -0.05) is 12.1 Å². The lowest BCUT2D eigenvalue weighted by Gasteiger charge is -2.14. The third kappa shape index (κ3) is 5.42. The highest BCUT2D eigenvalue weighted by atomic mass is 32.2. The largest absolute Gasteiger partial charge is 0.481 e. The van der Waals surface area contributed by atoms with Crippen LogP contribution in [0.5, 0.6) is 0 Å². The zero-order chi connectivity index (χ0) is 13.5. The van der Waals surface area contributed by atoms with E-state index in [-0.39, 0.29) is 21.9 Å². The first-order valence-electron chi connectivity index (χ1n) is 4.91. The molecule has 0 aliphatic rings. The average molecular weight is 290 g/mol. The van der Waals surface area contributed by atoms with Crippen LogP contribution in [0.2, 0.25) is 0 Å². The summed E-state index contributed by atoms with van der Waals surface area (Å²) in [6.07, 6.45) is 0. The van der Waals surface area contributed by atoms with Gasteiger partial charge in [0, 0.05) is 0 Å². The molecule has 0 unspecified atom stereocenters. The van der Waals surface area contributed by atoms with E-state index in [0.29, 0.717) is 5.56 Å². The number of rotatable bonds is 7. The number of benzene rings is 1. The molecule has 98 valence electrons. The van der Waals surface area contributed by atoms with Gasteiger partial charge < -0.3 is 10.2 Å². The van der Waals surface area contributed by atoms with Gasteiger partial charge in [-0.15, -0.1) is 23.5 Å². The van der Waals surface area contributed by atoms with Crippen LogP contribution in [0.15, 0.2) is 24.3 Å². The highest BCUT2D eigenvalue weighted by Crippen LogP contribution is 2.39. The summed E-state index contributed by atoms with van der Waals surface area (Å²) < 4.78 is 12.4. The Morgan fingerprint density at radius 1 is 1.06 bits per heavy atom. The highest BCUT2D eigenvalue weighted by molar-refractivity contribution is 8.16. The second kappa shape index (κ2) is 7.27. The number of hydrogen-bond acceptors (Lipinski definition) is 4. The van der Waals surface area contributed by atoms with Crippen LogP contribution in [0.4, 0.5) is 4.39 Å². The molecule has 1 rings (SSSR count). The standard InChI is InChI=1S/C11H11FO4S2/c12-8-3-1-7(2-4-8)11(17-5-9(13)14)18-6-10(15)16/h1-4,11H,5-6H2,(H,13,14)(H,15,16). The van der Waals surface area contributed by atoms with Crippen molar-refractivity contribution in [1.82, 2.24) is 0 Å². The van der Waals surface area contributed by atoms with Gasteiger partial charge in [-0.25, -0.2) is 4.39 Å². The van der Waals surface area contributed by atoms with Gasteiger partial charge in [0.25, 0.3) is 0 Å². The van der Waals surface area contributed by atoms with Crippen molar-refractivity contribution in [2.24, 2.45) is 0 Å². The molecule has 2 N–H and O–H groups in total. The van der Waals surface area contributed by atoms with Crippen molar-refractivity contribution >= 4 is 35.5 Å². The summed E-state index contributed by atoms with van der Waals surface area (Å²) in [5.74, 6) is -2.58. The van der Waals surface area contributed by atoms with Crippen LogP contribution in [0.1, 0.15) is 10.1 Å². The van der Waals surface area contributed by atoms with E-state index in [0.717, 1.165) is 23.5 Å². The molecule has 0 saturated carbocycles. The SMILES string of the molecule is O=C(O)CSC(SCC(=O)O)c1ccc(F)cc1. The Balaban J connectivity index is 2.71. The molecule has 0 radical (unpaired) electrons. The fraction of sp³-hybridized carbons (Fsp3) is 0.273. The van der Waals surface area contributed by atoms with E-state index < -0.39 is 11.9 Å². The number of thioether (sulfide) groups is 2. The van der Waals surface area contributed by atoms with Gasteiger partial charge >= 0.3 is 11.9 Å². The molecule has 0 fully saturated rings. The Labute approximate surface area is 112 Å². The lowest BCUT2D eigenvalue weighted by molar-refractivity contribution is -0.134. The first kappa shape index (κ1) is 14.8. The lowest BCUT2D eigenvalue weighted by Crippen LogP contribution is -2.04. The number of carbonyl (C=O) groups is 2. The van der Waals surface area contributed by atoms with Gasteiger partial charge in [-0.3, -0.25) is 9.59 Å². The monoisotopic (exact) mass is 290 g/mol. The quantitative estimate of drug-likeness (QED) is 0.751. The normalized spacial score (nSPS) is 10.6. The Kier molecular flexibility index (Phi) is 6.00. The van der Waals surface area contributed by atoms with Gasteiger partial charge in [-0.05, 0) is 17.7 Å². The van der Waals surface area contributed by atoms with Crippen molar-refractivity contribution in [3.05, 3.63) is 35.6 Å². The fourth-order valence-electron chi connectivity index (χ4n) is 1.15. The summed E-state index contributed by atoms with van der Waals surface area (Å²) in [6, 6.07) is 5.60. The Bertz CT molecular complexity index is 404. The van der Waals surface area contributed by atoms with E-state index in [1.54, 1.807) is 0 Å². The van der Waals surface area contributed by atoms with Crippen LogP contribution in [0, 0.1) is 5.82 Å². The van der Waals surface area contributed by atoms with E-state index in [2.05, 4.69) is 0 Å². The van der Waals surface area contributed by atoms with Crippen molar-refractivity contribution in [3.63, 3.8) is 0 Å². The van der Waals surface area contributed by atoms with Crippen LogP contribution in [-0.2, 0) is 9.59 Å². The average Bonchev–Trinajstić information content (AvgIpc) is 2.30. The van der Waals surface area contributed by atoms with Crippen LogP contribution in [-0.4, -0.2) is 33.7 Å². The van der Waals surface area contributed by atoms with Crippen molar-refractivity contribution in [3.8, 4) is 0 Å². The minimum Gasteiger partial charge on any atom is -0.481 e. The molecular formula is C11H11FO4S2. The third-order valence-corrected chi connectivity index (χ3v) is 4.65. The summed E-state index contributed by atoms with van der Waals surface area (Å²) in [7, 11) is 0. The molecule has 1 aromatic carbocycles. The maximum absolute atomic E-state index is 12.8. The van der Waals surface area contributed by atoms with Gasteiger partial charge in [-0.2, -0.15) is 0 Å². The Morgan fingerprint density at radius 3 is 1.89 bits per heavy atom. The summed E-state index contributed by atoms with van der Waals surface area (Å²) in [4.78, 5) is 21.0. The van der Waals surface area contributed by atoms with Crippen molar-refractivity contribution < 1.29 is 24.2 Å².